The largest absolute Gasteiger partial charge is 0.478 e. The van der Waals surface area contributed by atoms with Gasteiger partial charge in [0.2, 0.25) is 5.89 Å². The van der Waals surface area contributed by atoms with Crippen LogP contribution in [0.2, 0.25) is 0 Å². The minimum Gasteiger partial charge on any atom is -0.478 e. The Labute approximate surface area is 101 Å². The molecule has 0 aromatic carbocycles. The van der Waals surface area contributed by atoms with Crippen molar-refractivity contribution < 1.29 is 14.3 Å². The standard InChI is InChI=1S/C12H9N3O3/c1-7-4-9-10(11-13-2-3-18-11)8(12(16)17)5-14-15(9)6-7/h2-6H,1H3,(H,16,17). The van der Waals surface area contributed by atoms with Crippen molar-refractivity contribution in [3.8, 4) is 11.5 Å². The molecule has 90 valence electrons. The molecule has 0 spiro atoms. The van der Waals surface area contributed by atoms with Gasteiger partial charge in [-0.05, 0) is 18.6 Å². The number of aromatic carboxylic acids is 1. The number of aromatic nitrogens is 3. The molecule has 0 atom stereocenters. The first kappa shape index (κ1) is 10.5. The van der Waals surface area contributed by atoms with Crippen LogP contribution in [0.15, 0.2) is 35.3 Å². The lowest BCUT2D eigenvalue weighted by Gasteiger charge is -2.04. The average molecular weight is 243 g/mol. The van der Waals surface area contributed by atoms with E-state index in [0.29, 0.717) is 11.1 Å². The van der Waals surface area contributed by atoms with Crippen LogP contribution in [0.3, 0.4) is 0 Å². The molecule has 0 fully saturated rings. The van der Waals surface area contributed by atoms with Gasteiger partial charge in [0, 0.05) is 6.20 Å². The van der Waals surface area contributed by atoms with Gasteiger partial charge in [-0.2, -0.15) is 5.10 Å². The molecule has 0 bridgehead atoms. The van der Waals surface area contributed by atoms with Gasteiger partial charge in [0.1, 0.15) is 6.26 Å². The second kappa shape index (κ2) is 3.69. The summed E-state index contributed by atoms with van der Waals surface area (Å²) in [5.41, 5.74) is 2.16. The van der Waals surface area contributed by atoms with Crippen molar-refractivity contribution in [1.82, 2.24) is 14.6 Å². The molecule has 0 aliphatic carbocycles. The van der Waals surface area contributed by atoms with Gasteiger partial charge in [-0.1, -0.05) is 0 Å². The van der Waals surface area contributed by atoms with Crippen molar-refractivity contribution in [1.29, 1.82) is 0 Å². The molecule has 0 aliphatic heterocycles. The Balaban J connectivity index is 2.42. The molecule has 0 saturated heterocycles. The monoisotopic (exact) mass is 243 g/mol. The second-order valence-electron chi connectivity index (χ2n) is 3.92. The van der Waals surface area contributed by atoms with E-state index in [-0.39, 0.29) is 11.5 Å². The van der Waals surface area contributed by atoms with Crippen molar-refractivity contribution in [2.45, 2.75) is 6.92 Å². The topological polar surface area (TPSA) is 80.6 Å². The number of hydrogen-bond donors (Lipinski definition) is 1. The van der Waals surface area contributed by atoms with Crippen molar-refractivity contribution in [3.63, 3.8) is 0 Å². The van der Waals surface area contributed by atoms with E-state index in [1.54, 1.807) is 4.52 Å². The summed E-state index contributed by atoms with van der Waals surface area (Å²) < 4.78 is 6.82. The average Bonchev–Trinajstić information content (AvgIpc) is 2.93. The van der Waals surface area contributed by atoms with Gasteiger partial charge >= 0.3 is 5.97 Å². The van der Waals surface area contributed by atoms with Crippen LogP contribution in [-0.4, -0.2) is 25.7 Å². The van der Waals surface area contributed by atoms with E-state index in [0.717, 1.165) is 5.56 Å². The molecule has 3 aromatic rings. The number of fused-ring (bicyclic) bond motifs is 1. The molecule has 0 saturated carbocycles. The normalized spacial score (nSPS) is 10.9. The first-order chi connectivity index (χ1) is 8.66. The highest BCUT2D eigenvalue weighted by Gasteiger charge is 2.20. The van der Waals surface area contributed by atoms with E-state index >= 15 is 0 Å². The van der Waals surface area contributed by atoms with Crippen LogP contribution in [-0.2, 0) is 0 Å². The van der Waals surface area contributed by atoms with Crippen LogP contribution < -0.4 is 0 Å². The van der Waals surface area contributed by atoms with Crippen molar-refractivity contribution >= 4 is 11.5 Å². The summed E-state index contributed by atoms with van der Waals surface area (Å²) in [6.45, 7) is 1.91. The molecule has 3 aromatic heterocycles. The summed E-state index contributed by atoms with van der Waals surface area (Å²) in [6, 6.07) is 1.85. The molecule has 6 nitrogen and oxygen atoms in total. The summed E-state index contributed by atoms with van der Waals surface area (Å²) in [7, 11) is 0. The summed E-state index contributed by atoms with van der Waals surface area (Å²) in [6.07, 6.45) is 6.00. The minimum absolute atomic E-state index is 0.0723. The Morgan fingerprint density at radius 2 is 2.33 bits per heavy atom. The smallest absolute Gasteiger partial charge is 0.338 e. The Morgan fingerprint density at radius 3 is 3.00 bits per heavy atom. The summed E-state index contributed by atoms with van der Waals surface area (Å²) in [5.74, 6) is -0.782. The van der Waals surface area contributed by atoms with Crippen molar-refractivity contribution in [3.05, 3.63) is 42.0 Å². The number of oxazole rings is 1. The third-order valence-electron chi connectivity index (χ3n) is 2.65. The Morgan fingerprint density at radius 1 is 1.50 bits per heavy atom. The first-order valence-corrected chi connectivity index (χ1v) is 5.28. The zero-order chi connectivity index (χ0) is 12.7. The number of rotatable bonds is 2. The summed E-state index contributed by atoms with van der Waals surface area (Å²) in [4.78, 5) is 15.3. The lowest BCUT2D eigenvalue weighted by atomic mass is 10.1. The van der Waals surface area contributed by atoms with Gasteiger partial charge in [-0.3, -0.25) is 0 Å². The Kier molecular flexibility index (Phi) is 2.16. The number of nitrogens with zero attached hydrogens (tertiary/aromatic N) is 3. The quantitative estimate of drug-likeness (QED) is 0.744. The molecular formula is C12H9N3O3. The fraction of sp³-hybridized carbons (Fsp3) is 0.0833. The van der Waals surface area contributed by atoms with Gasteiger partial charge in [0.25, 0.3) is 0 Å². The van der Waals surface area contributed by atoms with Crippen LogP contribution in [0, 0.1) is 6.92 Å². The molecule has 6 heteroatoms. The number of carboxylic acids is 1. The third kappa shape index (κ3) is 1.46. The first-order valence-electron chi connectivity index (χ1n) is 5.28. The predicted molar refractivity (Wildman–Crippen MR) is 62.4 cm³/mol. The Bertz CT molecular complexity index is 728. The maximum absolute atomic E-state index is 11.2. The highest BCUT2D eigenvalue weighted by molar-refractivity contribution is 5.99. The van der Waals surface area contributed by atoms with E-state index in [1.165, 1.54) is 18.7 Å². The van der Waals surface area contributed by atoms with Crippen LogP contribution in [0.5, 0.6) is 0 Å². The molecule has 0 unspecified atom stereocenters. The van der Waals surface area contributed by atoms with Gasteiger partial charge < -0.3 is 9.52 Å². The molecular weight excluding hydrogens is 234 g/mol. The van der Waals surface area contributed by atoms with Gasteiger partial charge in [-0.25, -0.2) is 14.3 Å². The minimum atomic E-state index is -1.06. The molecule has 0 radical (unpaired) electrons. The fourth-order valence-corrected chi connectivity index (χ4v) is 1.92. The predicted octanol–water partition coefficient (Wildman–Crippen LogP) is 2.00. The van der Waals surface area contributed by atoms with Crippen LogP contribution >= 0.6 is 0 Å². The number of hydrogen-bond acceptors (Lipinski definition) is 4. The number of aryl methyl sites for hydroxylation is 1. The summed E-state index contributed by atoms with van der Waals surface area (Å²) in [5, 5.41) is 13.3. The van der Waals surface area contributed by atoms with Gasteiger partial charge in [-0.15, -0.1) is 0 Å². The van der Waals surface area contributed by atoms with Crippen molar-refractivity contribution in [2.75, 3.05) is 0 Å². The number of carbonyl (C=O) groups is 1. The molecule has 0 aliphatic rings. The molecule has 0 amide bonds. The van der Waals surface area contributed by atoms with E-state index in [4.69, 9.17) is 4.42 Å². The fourth-order valence-electron chi connectivity index (χ4n) is 1.92. The Hall–Kier alpha value is -2.63. The van der Waals surface area contributed by atoms with Crippen LogP contribution in [0.25, 0.3) is 17.0 Å². The zero-order valence-electron chi connectivity index (χ0n) is 9.49. The maximum atomic E-state index is 11.2. The second-order valence-corrected chi connectivity index (χ2v) is 3.92. The zero-order valence-corrected chi connectivity index (χ0v) is 9.49. The van der Waals surface area contributed by atoms with E-state index in [1.807, 2.05) is 19.2 Å². The highest BCUT2D eigenvalue weighted by atomic mass is 16.4. The molecule has 18 heavy (non-hydrogen) atoms. The van der Waals surface area contributed by atoms with Gasteiger partial charge in [0.05, 0.1) is 29.0 Å². The molecule has 1 N–H and O–H groups in total. The van der Waals surface area contributed by atoms with Crippen LogP contribution in [0.1, 0.15) is 15.9 Å². The molecule has 3 rings (SSSR count). The highest BCUT2D eigenvalue weighted by Crippen LogP contribution is 2.27. The number of carboxylic acid groups (broad SMARTS) is 1. The van der Waals surface area contributed by atoms with E-state index < -0.39 is 5.97 Å². The van der Waals surface area contributed by atoms with E-state index in [2.05, 4.69) is 10.1 Å². The van der Waals surface area contributed by atoms with Crippen molar-refractivity contribution in [2.24, 2.45) is 0 Å². The summed E-state index contributed by atoms with van der Waals surface area (Å²) >= 11 is 0. The molecule has 3 heterocycles. The SMILES string of the molecule is Cc1cc2c(-c3ncco3)c(C(=O)O)cnn2c1. The van der Waals surface area contributed by atoms with E-state index in [9.17, 15) is 9.90 Å². The van der Waals surface area contributed by atoms with Gasteiger partial charge in [0.15, 0.2) is 0 Å². The third-order valence-corrected chi connectivity index (χ3v) is 2.65. The lowest BCUT2D eigenvalue weighted by molar-refractivity contribution is 0.0697. The lowest BCUT2D eigenvalue weighted by Crippen LogP contribution is -2.04. The van der Waals surface area contributed by atoms with Crippen LogP contribution in [0.4, 0.5) is 0 Å². The maximum Gasteiger partial charge on any atom is 0.338 e.